The van der Waals surface area contributed by atoms with Crippen LogP contribution in [0.1, 0.15) is 0 Å². The molecule has 0 unspecified atom stereocenters. The topological polar surface area (TPSA) is 56.5 Å². The van der Waals surface area contributed by atoms with Crippen LogP contribution < -0.4 is 0 Å². The van der Waals surface area contributed by atoms with Gasteiger partial charge >= 0.3 is 0 Å². The zero-order chi connectivity index (χ0) is 34.2. The van der Waals surface area contributed by atoms with Crippen LogP contribution in [0.15, 0.2) is 164 Å². The zero-order valence-electron chi connectivity index (χ0n) is 27.7. The van der Waals surface area contributed by atoms with Crippen molar-refractivity contribution >= 4 is 74.9 Å². The maximum Gasteiger partial charge on any atom is 0.240 e. The van der Waals surface area contributed by atoms with Crippen molar-refractivity contribution in [2.24, 2.45) is 0 Å². The van der Waals surface area contributed by atoms with Gasteiger partial charge in [-0.15, -0.1) is 11.3 Å². The van der Waals surface area contributed by atoms with Crippen LogP contribution in [0, 0.1) is 0 Å². The lowest BCUT2D eigenvalue weighted by Crippen LogP contribution is -2.08. The summed E-state index contributed by atoms with van der Waals surface area (Å²) in [6, 6.07) is 57.4. The van der Waals surface area contributed by atoms with Crippen LogP contribution in [0.3, 0.4) is 0 Å². The molecule has 11 rings (SSSR count). The van der Waals surface area contributed by atoms with E-state index in [1.54, 1.807) is 11.3 Å². The van der Waals surface area contributed by atoms with Crippen molar-refractivity contribution in [2.75, 3.05) is 0 Å². The number of hydrogen-bond acceptors (Lipinski definition) is 5. The number of hydrogen-bond donors (Lipinski definition) is 0. The Hall–Kier alpha value is -6.76. The average Bonchev–Trinajstić information content (AvgIpc) is 3.80. The molecule has 11 aromatic rings. The molecule has 52 heavy (non-hydrogen) atoms. The number of rotatable bonds is 4. The summed E-state index contributed by atoms with van der Waals surface area (Å²) in [4.78, 5) is 20.8. The second kappa shape index (κ2) is 11.4. The summed E-state index contributed by atoms with van der Waals surface area (Å²) in [5.74, 6) is 2.51. The molecule has 0 aliphatic heterocycles. The maximum atomic E-state index is 5.26. The Morgan fingerprint density at radius 1 is 0.365 bits per heavy atom. The number of aromatic nitrogens is 5. The molecule has 0 spiro atoms. The largest absolute Gasteiger partial charge is 0.260 e. The van der Waals surface area contributed by atoms with E-state index in [1.807, 2.05) is 36.4 Å². The highest BCUT2D eigenvalue weighted by Gasteiger charge is 2.20. The van der Waals surface area contributed by atoms with Crippen molar-refractivity contribution in [3.63, 3.8) is 0 Å². The van der Waals surface area contributed by atoms with E-state index in [4.69, 9.17) is 19.9 Å². The second-order valence-corrected chi connectivity index (χ2v) is 14.2. The molecule has 5 nitrogen and oxygen atoms in total. The lowest BCUT2D eigenvalue weighted by Gasteiger charge is -2.13. The lowest BCUT2D eigenvalue weighted by molar-refractivity contribution is 0.930. The minimum atomic E-state index is 0.521. The normalized spacial score (nSPS) is 11.8. The van der Waals surface area contributed by atoms with E-state index in [0.717, 1.165) is 33.5 Å². The van der Waals surface area contributed by atoms with Crippen molar-refractivity contribution in [2.45, 2.75) is 0 Å². The maximum absolute atomic E-state index is 5.26. The quantitative estimate of drug-likeness (QED) is 0.174. The van der Waals surface area contributed by atoms with Gasteiger partial charge in [-0.2, -0.15) is 9.97 Å². The smallest absolute Gasteiger partial charge is 0.240 e. The summed E-state index contributed by atoms with van der Waals surface area (Å²) in [6.07, 6.45) is 0. The fourth-order valence-corrected chi connectivity index (χ4v) is 8.79. The van der Waals surface area contributed by atoms with E-state index in [-0.39, 0.29) is 0 Å². The van der Waals surface area contributed by atoms with Crippen LogP contribution in [-0.4, -0.2) is 24.5 Å². The molecule has 0 bridgehead atoms. The van der Waals surface area contributed by atoms with Gasteiger partial charge in [0.05, 0.1) is 11.0 Å². The first-order valence-electron chi connectivity index (χ1n) is 17.3. The van der Waals surface area contributed by atoms with Gasteiger partial charge in [0, 0.05) is 36.9 Å². The highest BCUT2D eigenvalue weighted by Crippen LogP contribution is 2.39. The summed E-state index contributed by atoms with van der Waals surface area (Å²) in [5.41, 5.74) is 4.65. The first kappa shape index (κ1) is 29.0. The van der Waals surface area contributed by atoms with Gasteiger partial charge in [-0.25, -0.2) is 9.97 Å². The minimum Gasteiger partial charge on any atom is -0.260 e. The first-order valence-corrected chi connectivity index (χ1v) is 18.1. The molecule has 0 radical (unpaired) electrons. The summed E-state index contributed by atoms with van der Waals surface area (Å²) < 4.78 is 4.53. The molecule has 0 fully saturated rings. The number of imidazole rings is 1. The summed E-state index contributed by atoms with van der Waals surface area (Å²) in [7, 11) is 0. The van der Waals surface area contributed by atoms with Crippen LogP contribution in [0.2, 0.25) is 0 Å². The molecular weight excluding hydrogens is 655 g/mol. The van der Waals surface area contributed by atoms with Crippen molar-refractivity contribution < 1.29 is 0 Å². The number of benzene rings is 8. The minimum absolute atomic E-state index is 0.521. The Bertz CT molecular complexity index is 3160. The van der Waals surface area contributed by atoms with Gasteiger partial charge in [0.2, 0.25) is 5.95 Å². The standard InChI is InChI=1S/C46H27N5S/c1-2-12-28(13-3-1)45-47-39-19-9-10-20-40(39)51(45)46-49-43(48-44(50-46)30-23-25-37-36-18-8-11-21-41(36)52-42(37)27-30)29-22-24-35-33-16-5-4-14-31(33)32-15-6-7-17-34(32)38(35)26-29/h1-27H. The molecule has 0 atom stereocenters. The van der Waals surface area contributed by atoms with E-state index in [9.17, 15) is 0 Å². The summed E-state index contributed by atoms with van der Waals surface area (Å²) in [6.45, 7) is 0. The van der Waals surface area contributed by atoms with Gasteiger partial charge in [0.25, 0.3) is 0 Å². The number of fused-ring (bicyclic) bond motifs is 10. The molecule has 0 aliphatic carbocycles. The van der Waals surface area contributed by atoms with Gasteiger partial charge in [0.1, 0.15) is 5.82 Å². The van der Waals surface area contributed by atoms with Crippen molar-refractivity contribution in [1.82, 2.24) is 24.5 Å². The molecule has 3 aromatic heterocycles. The van der Waals surface area contributed by atoms with E-state index < -0.39 is 0 Å². The van der Waals surface area contributed by atoms with Crippen LogP contribution >= 0.6 is 11.3 Å². The third kappa shape index (κ3) is 4.48. The third-order valence-corrected chi connectivity index (χ3v) is 11.2. The van der Waals surface area contributed by atoms with Crippen LogP contribution in [-0.2, 0) is 0 Å². The van der Waals surface area contributed by atoms with Gasteiger partial charge in [0.15, 0.2) is 11.6 Å². The fraction of sp³-hybridized carbons (Fsp3) is 0. The highest BCUT2D eigenvalue weighted by atomic mass is 32.1. The van der Waals surface area contributed by atoms with Crippen molar-refractivity contribution in [3.8, 4) is 40.1 Å². The summed E-state index contributed by atoms with van der Waals surface area (Å²) in [5, 5.41) is 9.78. The molecule has 3 heterocycles. The second-order valence-electron chi connectivity index (χ2n) is 13.1. The molecule has 242 valence electrons. The molecule has 0 saturated heterocycles. The average molecular weight is 682 g/mol. The van der Waals surface area contributed by atoms with Crippen molar-refractivity contribution in [1.29, 1.82) is 0 Å². The van der Waals surface area contributed by atoms with Gasteiger partial charge in [-0.1, -0.05) is 133 Å². The first-order chi connectivity index (χ1) is 25.8. The van der Waals surface area contributed by atoms with Crippen molar-refractivity contribution in [3.05, 3.63) is 164 Å². The lowest BCUT2D eigenvalue weighted by atomic mass is 9.93. The predicted molar refractivity (Wildman–Crippen MR) is 216 cm³/mol. The van der Waals surface area contributed by atoms with Gasteiger partial charge in [-0.05, 0) is 62.6 Å². The van der Waals surface area contributed by atoms with E-state index >= 15 is 0 Å². The number of para-hydroxylation sites is 2. The monoisotopic (exact) mass is 681 g/mol. The molecule has 8 aromatic carbocycles. The Morgan fingerprint density at radius 3 is 1.63 bits per heavy atom. The SMILES string of the molecule is c1ccc(-c2nc3ccccc3n2-c2nc(-c3ccc4c(c3)sc3ccccc34)nc(-c3ccc4c5ccccc5c5ccccc5c4c3)n2)cc1. The number of nitrogens with zero attached hydrogens (tertiary/aromatic N) is 5. The third-order valence-electron chi connectivity index (χ3n) is 10.1. The molecule has 6 heteroatoms. The van der Waals surface area contributed by atoms with Crippen LogP contribution in [0.4, 0.5) is 0 Å². The molecular formula is C46H27N5S. The predicted octanol–water partition coefficient (Wildman–Crippen LogP) is 12.0. The molecule has 0 amide bonds. The Morgan fingerprint density at radius 2 is 0.904 bits per heavy atom. The van der Waals surface area contributed by atoms with Gasteiger partial charge in [-0.3, -0.25) is 4.57 Å². The zero-order valence-corrected chi connectivity index (χ0v) is 28.5. The van der Waals surface area contributed by atoms with Crippen LogP contribution in [0.5, 0.6) is 0 Å². The Balaban J connectivity index is 1.19. The Kier molecular flexibility index (Phi) is 6.35. The van der Waals surface area contributed by atoms with Gasteiger partial charge < -0.3 is 0 Å². The molecule has 0 N–H and O–H groups in total. The fourth-order valence-electron chi connectivity index (χ4n) is 7.64. The number of thiophene rings is 1. The Labute approximate surface area is 302 Å². The van der Waals surface area contributed by atoms with E-state index in [0.29, 0.717) is 17.6 Å². The van der Waals surface area contributed by atoms with E-state index in [1.165, 1.54) is 52.5 Å². The van der Waals surface area contributed by atoms with E-state index in [2.05, 4.69) is 132 Å². The molecule has 0 aliphatic rings. The molecule has 0 saturated carbocycles. The highest BCUT2D eigenvalue weighted by molar-refractivity contribution is 7.25. The van der Waals surface area contributed by atoms with Crippen LogP contribution in [0.25, 0.3) is 104 Å². The summed E-state index contributed by atoms with van der Waals surface area (Å²) >= 11 is 1.79.